The summed E-state index contributed by atoms with van der Waals surface area (Å²) in [4.78, 5) is 71.6. The van der Waals surface area contributed by atoms with Crippen LogP contribution < -0.4 is 20.7 Å². The highest BCUT2D eigenvalue weighted by Crippen LogP contribution is 2.25. The molecular weight excluding hydrogens is 600 g/mol. The standard InChI is InChI=1S/C35H44N6O6/c1-21(2)31-33(44)37-25(16-23-10-7-6-8-11-23)19-40(35(46)29-18-24-17-26(47-5)13-14-27(24)39(29)4)20-30(42)36-22(3)34(45)41-15-9-12-28(41)32(43)38-31/h6-8,10-11,13-14,17-18,21-22,25,28,31H,9,12,15-16,19-20H2,1-5H3,(H,36,42)(H,37,44)(H,38,43)/t22-,25-,28+,31-/m0/s1. The topological polar surface area (TPSA) is 142 Å². The van der Waals surface area contributed by atoms with Gasteiger partial charge in [0, 0.05) is 31.0 Å². The molecular formula is C35H44N6O6. The zero-order valence-electron chi connectivity index (χ0n) is 27.6. The van der Waals surface area contributed by atoms with Gasteiger partial charge >= 0.3 is 0 Å². The summed E-state index contributed by atoms with van der Waals surface area (Å²) in [6.45, 7) is 5.28. The lowest BCUT2D eigenvalue weighted by molar-refractivity contribution is -0.142. The molecule has 5 amide bonds. The van der Waals surface area contributed by atoms with Crippen molar-refractivity contribution in [3.05, 3.63) is 65.9 Å². The van der Waals surface area contributed by atoms with E-state index in [2.05, 4.69) is 16.0 Å². The zero-order chi connectivity index (χ0) is 33.8. The maximum Gasteiger partial charge on any atom is 0.271 e. The number of hydrogen-bond acceptors (Lipinski definition) is 6. The molecule has 0 bridgehead atoms. The summed E-state index contributed by atoms with van der Waals surface area (Å²) in [5.41, 5.74) is 2.08. The molecule has 4 atom stereocenters. The van der Waals surface area contributed by atoms with E-state index in [4.69, 9.17) is 4.74 Å². The number of aromatic nitrogens is 1. The Bertz CT molecular complexity index is 1650. The molecule has 2 aliphatic rings. The summed E-state index contributed by atoms with van der Waals surface area (Å²) in [6.07, 6.45) is 1.45. The van der Waals surface area contributed by atoms with Crippen LogP contribution in [0.2, 0.25) is 0 Å². The number of aryl methyl sites for hydroxylation is 1. The van der Waals surface area contributed by atoms with Crippen molar-refractivity contribution in [1.29, 1.82) is 0 Å². The third-order valence-electron chi connectivity index (χ3n) is 9.04. The van der Waals surface area contributed by atoms with Crippen molar-refractivity contribution in [3.63, 3.8) is 0 Å². The Balaban J connectivity index is 1.54. The maximum absolute atomic E-state index is 14.3. The summed E-state index contributed by atoms with van der Waals surface area (Å²) in [5, 5.41) is 9.54. The second kappa shape index (κ2) is 14.3. The van der Waals surface area contributed by atoms with Crippen LogP contribution in [0, 0.1) is 5.92 Å². The number of rotatable bonds is 5. The Kier molecular flexibility index (Phi) is 10.2. The molecule has 0 unspecified atom stereocenters. The van der Waals surface area contributed by atoms with Gasteiger partial charge in [0.1, 0.15) is 29.6 Å². The van der Waals surface area contributed by atoms with Gasteiger partial charge in [0.15, 0.2) is 0 Å². The third-order valence-corrected chi connectivity index (χ3v) is 9.04. The Labute approximate surface area is 274 Å². The first-order chi connectivity index (χ1) is 22.5. The van der Waals surface area contributed by atoms with Gasteiger partial charge in [0.05, 0.1) is 19.7 Å². The molecule has 0 radical (unpaired) electrons. The number of carbonyl (C=O) groups is 5. The van der Waals surface area contributed by atoms with Crippen molar-refractivity contribution >= 4 is 40.4 Å². The quantitative estimate of drug-likeness (QED) is 0.388. The van der Waals surface area contributed by atoms with Gasteiger partial charge in [0.25, 0.3) is 5.91 Å². The Morgan fingerprint density at radius 1 is 0.979 bits per heavy atom. The smallest absolute Gasteiger partial charge is 0.271 e. The number of methoxy groups -OCH3 is 1. The van der Waals surface area contributed by atoms with E-state index in [1.54, 1.807) is 31.7 Å². The monoisotopic (exact) mass is 644 g/mol. The van der Waals surface area contributed by atoms with Crippen LogP contribution in [0.25, 0.3) is 10.9 Å². The highest BCUT2D eigenvalue weighted by molar-refractivity contribution is 6.01. The second-order valence-corrected chi connectivity index (χ2v) is 12.8. The van der Waals surface area contributed by atoms with E-state index < -0.39 is 47.8 Å². The first-order valence-electron chi connectivity index (χ1n) is 16.1. The normalized spacial score (nSPS) is 23.1. The molecule has 2 fully saturated rings. The van der Waals surface area contributed by atoms with Crippen LogP contribution in [0.15, 0.2) is 54.6 Å². The molecule has 3 aromatic rings. The van der Waals surface area contributed by atoms with Gasteiger partial charge in [-0.05, 0) is 61.9 Å². The number of benzene rings is 2. The van der Waals surface area contributed by atoms with Gasteiger partial charge in [-0.1, -0.05) is 44.2 Å². The first-order valence-corrected chi connectivity index (χ1v) is 16.1. The van der Waals surface area contributed by atoms with Crippen LogP contribution in [0.4, 0.5) is 0 Å². The number of carbonyl (C=O) groups excluding carboxylic acids is 5. The average Bonchev–Trinajstić information content (AvgIpc) is 3.67. The van der Waals surface area contributed by atoms with Gasteiger partial charge in [-0.3, -0.25) is 24.0 Å². The minimum Gasteiger partial charge on any atom is -0.497 e. The summed E-state index contributed by atoms with van der Waals surface area (Å²) in [5.74, 6) is -1.75. The fourth-order valence-electron chi connectivity index (χ4n) is 6.52. The lowest BCUT2D eigenvalue weighted by Crippen LogP contribution is -2.58. The molecule has 2 aromatic carbocycles. The molecule has 0 spiro atoms. The molecule has 5 rings (SSSR count). The molecule has 12 heteroatoms. The van der Waals surface area contributed by atoms with Gasteiger partial charge in [-0.25, -0.2) is 0 Å². The molecule has 0 aliphatic carbocycles. The number of fused-ring (bicyclic) bond motifs is 2. The predicted octanol–water partition coefficient (Wildman–Crippen LogP) is 2.01. The first kappa shape index (κ1) is 33.5. The molecule has 2 aliphatic heterocycles. The van der Waals surface area contributed by atoms with E-state index in [1.165, 1.54) is 9.80 Å². The van der Waals surface area contributed by atoms with Gasteiger partial charge in [-0.2, -0.15) is 0 Å². The number of hydrogen-bond donors (Lipinski definition) is 3. The highest BCUT2D eigenvalue weighted by Gasteiger charge is 2.39. The van der Waals surface area contributed by atoms with Gasteiger partial charge < -0.3 is 35.1 Å². The predicted molar refractivity (Wildman–Crippen MR) is 177 cm³/mol. The van der Waals surface area contributed by atoms with Crippen molar-refractivity contribution in [2.45, 2.75) is 64.2 Å². The van der Waals surface area contributed by atoms with Crippen molar-refractivity contribution in [2.24, 2.45) is 13.0 Å². The Hall–Kier alpha value is -4.87. The van der Waals surface area contributed by atoms with Crippen molar-refractivity contribution < 1.29 is 28.7 Å². The molecule has 3 N–H and O–H groups in total. The van der Waals surface area contributed by atoms with E-state index in [0.29, 0.717) is 37.3 Å². The Morgan fingerprint density at radius 2 is 1.72 bits per heavy atom. The summed E-state index contributed by atoms with van der Waals surface area (Å²) in [7, 11) is 3.35. The molecule has 47 heavy (non-hydrogen) atoms. The van der Waals surface area contributed by atoms with Crippen LogP contribution >= 0.6 is 0 Å². The van der Waals surface area contributed by atoms with Crippen LogP contribution in [0.1, 0.15) is 49.7 Å². The van der Waals surface area contributed by atoms with E-state index in [-0.39, 0.29) is 24.9 Å². The summed E-state index contributed by atoms with van der Waals surface area (Å²) in [6, 6.07) is 13.7. The van der Waals surface area contributed by atoms with Crippen LogP contribution in [0.5, 0.6) is 5.75 Å². The van der Waals surface area contributed by atoms with Gasteiger partial charge in [0.2, 0.25) is 23.6 Å². The maximum atomic E-state index is 14.3. The van der Waals surface area contributed by atoms with E-state index >= 15 is 0 Å². The summed E-state index contributed by atoms with van der Waals surface area (Å²) >= 11 is 0. The van der Waals surface area contributed by atoms with Crippen LogP contribution in [-0.2, 0) is 32.6 Å². The van der Waals surface area contributed by atoms with Crippen LogP contribution in [0.3, 0.4) is 0 Å². The third kappa shape index (κ3) is 7.42. The second-order valence-electron chi connectivity index (χ2n) is 12.8. The number of ether oxygens (including phenoxy) is 1. The molecule has 2 saturated heterocycles. The Morgan fingerprint density at radius 3 is 2.43 bits per heavy atom. The highest BCUT2D eigenvalue weighted by atomic mass is 16.5. The van der Waals surface area contributed by atoms with Crippen molar-refractivity contribution in [1.82, 2.24) is 30.3 Å². The number of amides is 5. The average molecular weight is 645 g/mol. The lowest BCUT2D eigenvalue weighted by atomic mass is 10.00. The molecule has 3 heterocycles. The zero-order valence-corrected chi connectivity index (χ0v) is 27.6. The van der Waals surface area contributed by atoms with Crippen molar-refractivity contribution in [2.75, 3.05) is 26.7 Å². The SMILES string of the molecule is COc1ccc2c(c1)cc(C(=O)N1CC(=O)N[C@@H](C)C(=O)N3CCC[C@@H]3C(=O)N[C@@H](C(C)C)C(=O)N[C@@H](Cc3ccccc3)C1)n2C. The molecule has 12 nitrogen and oxygen atoms in total. The number of nitrogens with zero attached hydrogens (tertiary/aromatic N) is 3. The largest absolute Gasteiger partial charge is 0.497 e. The van der Waals surface area contributed by atoms with E-state index in [0.717, 1.165) is 16.5 Å². The minimum atomic E-state index is -0.927. The fraction of sp³-hybridized carbons (Fsp3) is 0.457. The fourth-order valence-corrected chi connectivity index (χ4v) is 6.52. The summed E-state index contributed by atoms with van der Waals surface area (Å²) < 4.78 is 7.13. The lowest BCUT2D eigenvalue weighted by Gasteiger charge is -2.31. The molecule has 0 saturated carbocycles. The van der Waals surface area contributed by atoms with E-state index in [1.807, 2.05) is 62.4 Å². The molecule has 250 valence electrons. The van der Waals surface area contributed by atoms with Crippen LogP contribution in [-0.4, -0.2) is 94.8 Å². The minimum absolute atomic E-state index is 0.00638. The van der Waals surface area contributed by atoms with Gasteiger partial charge in [-0.15, -0.1) is 0 Å². The van der Waals surface area contributed by atoms with E-state index in [9.17, 15) is 24.0 Å². The van der Waals surface area contributed by atoms with Crippen molar-refractivity contribution in [3.8, 4) is 5.75 Å². The number of nitrogens with one attached hydrogen (secondary N) is 3. The molecule has 1 aromatic heterocycles.